The highest BCUT2D eigenvalue weighted by Gasteiger charge is 2.16. The van der Waals surface area contributed by atoms with E-state index in [1.807, 2.05) is 0 Å². The smallest absolute Gasteiger partial charge is 0.0134 e. The molecule has 1 rings (SSSR count). The van der Waals surface area contributed by atoms with E-state index >= 15 is 0 Å². The lowest BCUT2D eigenvalue weighted by atomic mass is 10.0. The SMILES string of the molecule is CNC(C)(C)CCN1CCCCCC1. The van der Waals surface area contributed by atoms with Crippen molar-refractivity contribution in [1.29, 1.82) is 0 Å². The number of nitrogens with zero attached hydrogens (tertiary/aromatic N) is 1. The average molecular weight is 198 g/mol. The molecule has 1 N–H and O–H groups in total. The van der Waals surface area contributed by atoms with Crippen LogP contribution >= 0.6 is 0 Å². The fraction of sp³-hybridized carbons (Fsp3) is 1.00. The van der Waals surface area contributed by atoms with Crippen LogP contribution in [0.15, 0.2) is 0 Å². The van der Waals surface area contributed by atoms with E-state index in [1.54, 1.807) is 0 Å². The summed E-state index contributed by atoms with van der Waals surface area (Å²) in [6.07, 6.45) is 6.93. The van der Waals surface area contributed by atoms with Crippen molar-refractivity contribution in [2.45, 2.75) is 51.5 Å². The lowest BCUT2D eigenvalue weighted by Crippen LogP contribution is -2.40. The fourth-order valence-electron chi connectivity index (χ4n) is 1.92. The molecule has 1 aliphatic heterocycles. The van der Waals surface area contributed by atoms with Gasteiger partial charge in [-0.15, -0.1) is 0 Å². The van der Waals surface area contributed by atoms with Gasteiger partial charge in [0.2, 0.25) is 0 Å². The van der Waals surface area contributed by atoms with E-state index in [2.05, 4.69) is 31.1 Å². The molecule has 1 fully saturated rings. The zero-order chi connectivity index (χ0) is 10.4. The van der Waals surface area contributed by atoms with Gasteiger partial charge in [0.1, 0.15) is 0 Å². The van der Waals surface area contributed by atoms with Crippen molar-refractivity contribution in [2.24, 2.45) is 0 Å². The normalized spacial score (nSPS) is 20.8. The molecule has 2 heteroatoms. The fourth-order valence-corrected chi connectivity index (χ4v) is 1.92. The summed E-state index contributed by atoms with van der Waals surface area (Å²) in [5.41, 5.74) is 0.298. The highest BCUT2D eigenvalue weighted by atomic mass is 15.1. The minimum Gasteiger partial charge on any atom is -0.315 e. The summed E-state index contributed by atoms with van der Waals surface area (Å²) in [5, 5.41) is 3.37. The summed E-state index contributed by atoms with van der Waals surface area (Å²) in [5.74, 6) is 0. The molecule has 0 aliphatic carbocycles. The van der Waals surface area contributed by atoms with E-state index in [0.717, 1.165) is 0 Å². The largest absolute Gasteiger partial charge is 0.315 e. The first-order valence-corrected chi connectivity index (χ1v) is 6.05. The zero-order valence-corrected chi connectivity index (χ0v) is 10.1. The predicted octanol–water partition coefficient (Wildman–Crippen LogP) is 2.25. The maximum absolute atomic E-state index is 3.37. The monoisotopic (exact) mass is 198 g/mol. The Morgan fingerprint density at radius 2 is 1.64 bits per heavy atom. The number of hydrogen-bond donors (Lipinski definition) is 1. The van der Waals surface area contributed by atoms with Crippen LogP contribution in [0.1, 0.15) is 46.0 Å². The van der Waals surface area contributed by atoms with Gasteiger partial charge in [-0.3, -0.25) is 0 Å². The van der Waals surface area contributed by atoms with E-state index in [4.69, 9.17) is 0 Å². The quantitative estimate of drug-likeness (QED) is 0.745. The number of likely N-dealkylation sites (tertiary alicyclic amines) is 1. The number of rotatable bonds is 4. The van der Waals surface area contributed by atoms with Crippen LogP contribution in [0.25, 0.3) is 0 Å². The summed E-state index contributed by atoms with van der Waals surface area (Å²) in [4.78, 5) is 2.63. The van der Waals surface area contributed by atoms with Crippen LogP contribution in [0, 0.1) is 0 Å². The topological polar surface area (TPSA) is 15.3 Å². The Kier molecular flexibility index (Phi) is 4.90. The second kappa shape index (κ2) is 5.72. The van der Waals surface area contributed by atoms with Crippen molar-refractivity contribution in [3.63, 3.8) is 0 Å². The van der Waals surface area contributed by atoms with E-state index in [0.29, 0.717) is 5.54 Å². The Morgan fingerprint density at radius 1 is 1.07 bits per heavy atom. The second-order valence-electron chi connectivity index (χ2n) is 5.14. The molecular weight excluding hydrogens is 172 g/mol. The van der Waals surface area contributed by atoms with Crippen molar-refractivity contribution in [2.75, 3.05) is 26.7 Å². The predicted molar refractivity (Wildman–Crippen MR) is 62.7 cm³/mol. The molecule has 0 amide bonds. The van der Waals surface area contributed by atoms with Gasteiger partial charge >= 0.3 is 0 Å². The summed E-state index contributed by atoms with van der Waals surface area (Å²) in [6, 6.07) is 0. The lowest BCUT2D eigenvalue weighted by Gasteiger charge is -2.28. The molecule has 1 saturated heterocycles. The molecule has 0 radical (unpaired) electrons. The second-order valence-corrected chi connectivity index (χ2v) is 5.14. The third-order valence-electron chi connectivity index (χ3n) is 3.43. The molecule has 0 aromatic rings. The molecule has 14 heavy (non-hydrogen) atoms. The van der Waals surface area contributed by atoms with Crippen LogP contribution in [0.2, 0.25) is 0 Å². The molecular formula is C12H26N2. The molecule has 1 aliphatic rings. The van der Waals surface area contributed by atoms with E-state index in [-0.39, 0.29) is 0 Å². The Hall–Kier alpha value is -0.0800. The minimum absolute atomic E-state index is 0.298. The van der Waals surface area contributed by atoms with Crippen molar-refractivity contribution in [3.8, 4) is 0 Å². The molecule has 0 spiro atoms. The summed E-state index contributed by atoms with van der Waals surface area (Å²) >= 11 is 0. The van der Waals surface area contributed by atoms with Gasteiger partial charge in [-0.2, -0.15) is 0 Å². The highest BCUT2D eigenvalue weighted by Crippen LogP contribution is 2.13. The number of hydrogen-bond acceptors (Lipinski definition) is 2. The van der Waals surface area contributed by atoms with Crippen LogP contribution in [0.3, 0.4) is 0 Å². The molecule has 2 nitrogen and oxygen atoms in total. The van der Waals surface area contributed by atoms with E-state index < -0.39 is 0 Å². The highest BCUT2D eigenvalue weighted by molar-refractivity contribution is 4.77. The first kappa shape index (κ1) is 12.0. The summed E-state index contributed by atoms with van der Waals surface area (Å²) in [7, 11) is 2.06. The minimum atomic E-state index is 0.298. The first-order valence-electron chi connectivity index (χ1n) is 6.05. The molecule has 0 atom stereocenters. The molecule has 0 aromatic carbocycles. The lowest BCUT2D eigenvalue weighted by molar-refractivity contribution is 0.244. The average Bonchev–Trinajstić information content (AvgIpc) is 2.43. The third kappa shape index (κ3) is 4.43. The standard InChI is InChI=1S/C12H26N2/c1-12(2,13-3)8-11-14-9-6-4-5-7-10-14/h13H,4-11H2,1-3H3. The van der Waals surface area contributed by atoms with E-state index in [9.17, 15) is 0 Å². The van der Waals surface area contributed by atoms with Crippen LogP contribution < -0.4 is 5.32 Å². The molecule has 1 heterocycles. The van der Waals surface area contributed by atoms with Crippen molar-refractivity contribution >= 4 is 0 Å². The third-order valence-corrected chi connectivity index (χ3v) is 3.43. The Bertz CT molecular complexity index is 146. The van der Waals surface area contributed by atoms with Gasteiger partial charge in [-0.25, -0.2) is 0 Å². The van der Waals surface area contributed by atoms with Gasteiger partial charge in [0.25, 0.3) is 0 Å². The molecule has 0 saturated carbocycles. The summed E-state index contributed by atoms with van der Waals surface area (Å²) < 4.78 is 0. The first-order chi connectivity index (χ1) is 6.64. The maximum atomic E-state index is 3.37. The van der Waals surface area contributed by atoms with Crippen molar-refractivity contribution in [3.05, 3.63) is 0 Å². The van der Waals surface area contributed by atoms with Gasteiger partial charge in [-0.1, -0.05) is 12.8 Å². The maximum Gasteiger partial charge on any atom is 0.0134 e. The van der Waals surface area contributed by atoms with Crippen LogP contribution in [-0.2, 0) is 0 Å². The van der Waals surface area contributed by atoms with Gasteiger partial charge in [0, 0.05) is 5.54 Å². The van der Waals surface area contributed by atoms with E-state index in [1.165, 1.54) is 51.7 Å². The van der Waals surface area contributed by atoms with Gasteiger partial charge in [0.05, 0.1) is 0 Å². The van der Waals surface area contributed by atoms with Crippen LogP contribution in [0.5, 0.6) is 0 Å². The molecule has 0 bridgehead atoms. The summed E-state index contributed by atoms with van der Waals surface area (Å²) in [6.45, 7) is 8.46. The molecule has 0 unspecified atom stereocenters. The Labute approximate surface area is 89.1 Å². The van der Waals surface area contributed by atoms with Gasteiger partial charge in [0.15, 0.2) is 0 Å². The number of nitrogens with one attached hydrogen (secondary N) is 1. The van der Waals surface area contributed by atoms with Crippen LogP contribution in [-0.4, -0.2) is 37.1 Å². The molecule has 0 aromatic heterocycles. The Balaban J connectivity index is 2.22. The zero-order valence-electron chi connectivity index (χ0n) is 10.1. The Morgan fingerprint density at radius 3 is 2.14 bits per heavy atom. The molecule has 84 valence electrons. The van der Waals surface area contributed by atoms with Crippen molar-refractivity contribution < 1.29 is 0 Å². The van der Waals surface area contributed by atoms with Crippen molar-refractivity contribution in [1.82, 2.24) is 10.2 Å². The van der Waals surface area contributed by atoms with Gasteiger partial charge < -0.3 is 10.2 Å². The van der Waals surface area contributed by atoms with Crippen LogP contribution in [0.4, 0.5) is 0 Å². The van der Waals surface area contributed by atoms with Gasteiger partial charge in [-0.05, 0) is 59.8 Å².